The van der Waals surface area contributed by atoms with Gasteiger partial charge >= 0.3 is 0 Å². The van der Waals surface area contributed by atoms with E-state index < -0.39 is 10.0 Å². The Morgan fingerprint density at radius 3 is 2.70 bits per heavy atom. The van der Waals surface area contributed by atoms with Crippen LogP contribution in [0, 0.1) is 0 Å². The molecule has 0 saturated carbocycles. The van der Waals surface area contributed by atoms with Gasteiger partial charge in [-0.05, 0) is 18.6 Å². The van der Waals surface area contributed by atoms with Crippen LogP contribution in [0.3, 0.4) is 0 Å². The summed E-state index contributed by atoms with van der Waals surface area (Å²) in [6, 6.07) is 6.11. The van der Waals surface area contributed by atoms with Crippen molar-refractivity contribution in [3.05, 3.63) is 24.3 Å². The Labute approximate surface area is 118 Å². The summed E-state index contributed by atoms with van der Waals surface area (Å²) in [7, 11) is -2.01. The molecule has 1 amide bonds. The third kappa shape index (κ3) is 3.09. The van der Waals surface area contributed by atoms with Crippen molar-refractivity contribution in [3.63, 3.8) is 0 Å². The van der Waals surface area contributed by atoms with Crippen LogP contribution < -0.4 is 16.0 Å². The number of nitrogens with two attached hydrogens (primary N) is 1. The van der Waals surface area contributed by atoms with E-state index in [1.165, 1.54) is 11.0 Å². The Bertz CT molecular complexity index is 602. The lowest BCUT2D eigenvalue weighted by molar-refractivity contribution is -0.132. The molecule has 1 aromatic carbocycles. The maximum absolute atomic E-state index is 12.4. The molecule has 1 aromatic rings. The summed E-state index contributed by atoms with van der Waals surface area (Å²) in [5, 5.41) is 0. The van der Waals surface area contributed by atoms with Gasteiger partial charge in [0.25, 0.3) is 0 Å². The molecule has 0 bridgehead atoms. The van der Waals surface area contributed by atoms with Crippen LogP contribution in [0.1, 0.15) is 12.8 Å². The molecule has 2 rings (SSSR count). The van der Waals surface area contributed by atoms with Crippen molar-refractivity contribution >= 4 is 21.6 Å². The van der Waals surface area contributed by atoms with Gasteiger partial charge in [0.2, 0.25) is 15.9 Å². The van der Waals surface area contributed by atoms with Gasteiger partial charge in [0.15, 0.2) is 0 Å². The van der Waals surface area contributed by atoms with Crippen LogP contribution in [0.5, 0.6) is 0 Å². The fraction of sp³-hybridized carbons (Fsp3) is 0.417. The van der Waals surface area contributed by atoms with E-state index >= 15 is 0 Å². The Morgan fingerprint density at radius 2 is 2.05 bits per heavy atom. The molecule has 1 aliphatic rings. The Morgan fingerprint density at radius 1 is 1.35 bits per heavy atom. The highest BCUT2D eigenvalue weighted by molar-refractivity contribution is 7.89. The number of nitrogens with one attached hydrogen (secondary N) is 2. The maximum atomic E-state index is 12.4. The lowest BCUT2D eigenvalue weighted by Gasteiger charge is -2.30. The van der Waals surface area contributed by atoms with Gasteiger partial charge in [0, 0.05) is 26.1 Å². The second-order valence-electron chi connectivity index (χ2n) is 4.77. The highest BCUT2D eigenvalue weighted by atomic mass is 32.2. The fourth-order valence-corrected chi connectivity index (χ4v) is 3.64. The quantitative estimate of drug-likeness (QED) is 0.530. The lowest BCUT2D eigenvalue weighted by Crippen LogP contribution is -2.48. The van der Waals surface area contributed by atoms with Crippen molar-refractivity contribution in [2.45, 2.75) is 23.8 Å². The average Bonchev–Trinajstić information content (AvgIpc) is 2.42. The second kappa shape index (κ2) is 5.78. The minimum atomic E-state index is -3.67. The largest absolute Gasteiger partial charge is 0.344 e. The van der Waals surface area contributed by atoms with Crippen molar-refractivity contribution < 1.29 is 13.2 Å². The van der Waals surface area contributed by atoms with E-state index in [2.05, 4.69) is 10.1 Å². The summed E-state index contributed by atoms with van der Waals surface area (Å²) in [6.45, 7) is 0.371. The van der Waals surface area contributed by atoms with Gasteiger partial charge in [-0.2, -0.15) is 0 Å². The molecule has 0 spiro atoms. The van der Waals surface area contributed by atoms with Crippen LogP contribution in [-0.4, -0.2) is 38.9 Å². The Hall–Kier alpha value is -1.64. The lowest BCUT2D eigenvalue weighted by atomic mass is 10.1. The van der Waals surface area contributed by atoms with Crippen molar-refractivity contribution in [2.24, 2.45) is 5.84 Å². The Balaban J connectivity index is 2.17. The summed E-state index contributed by atoms with van der Waals surface area (Å²) in [4.78, 5) is 13.0. The monoisotopic (exact) mass is 298 g/mol. The number of nitrogen functional groups attached to an aromatic ring is 1. The van der Waals surface area contributed by atoms with Gasteiger partial charge in [0.05, 0.1) is 5.69 Å². The number of amides is 1. The molecule has 110 valence electrons. The molecule has 0 aliphatic carbocycles. The number of hydrogen-bond donors (Lipinski definition) is 3. The van der Waals surface area contributed by atoms with Gasteiger partial charge < -0.3 is 10.3 Å². The van der Waals surface area contributed by atoms with Gasteiger partial charge in [-0.1, -0.05) is 12.1 Å². The first-order valence-corrected chi connectivity index (χ1v) is 7.74. The molecule has 4 N–H and O–H groups in total. The van der Waals surface area contributed by atoms with Crippen LogP contribution in [-0.2, 0) is 14.8 Å². The zero-order chi connectivity index (χ0) is 14.8. The summed E-state index contributed by atoms with van der Waals surface area (Å²) in [5.74, 6) is 5.36. The fourth-order valence-electron chi connectivity index (χ4n) is 2.21. The zero-order valence-corrected chi connectivity index (χ0v) is 12.0. The highest BCUT2D eigenvalue weighted by Gasteiger charge is 2.28. The first-order chi connectivity index (χ1) is 9.44. The molecule has 1 atom stereocenters. The predicted octanol–water partition coefficient (Wildman–Crippen LogP) is -0.129. The summed E-state index contributed by atoms with van der Waals surface area (Å²) >= 11 is 0. The van der Waals surface area contributed by atoms with Crippen LogP contribution in [0.15, 0.2) is 29.2 Å². The third-order valence-electron chi connectivity index (χ3n) is 3.28. The van der Waals surface area contributed by atoms with E-state index in [1.807, 2.05) is 0 Å². The molecular weight excluding hydrogens is 280 g/mol. The third-order valence-corrected chi connectivity index (χ3v) is 4.86. The average molecular weight is 298 g/mol. The summed E-state index contributed by atoms with van der Waals surface area (Å²) in [6.07, 6.45) is 0.848. The molecule has 1 unspecified atom stereocenters. The standard InChI is InChI=1S/C12H18N4O3S/c1-16-8-9(6-7-12(16)17)15-20(18,19)11-5-3-2-4-10(11)14-13/h2-5,9,14-15H,6-8,13H2,1H3. The topological polar surface area (TPSA) is 105 Å². The molecule has 1 aliphatic heterocycles. The molecule has 0 radical (unpaired) electrons. The minimum Gasteiger partial charge on any atom is -0.344 e. The van der Waals surface area contributed by atoms with Gasteiger partial charge in [-0.15, -0.1) is 0 Å². The predicted molar refractivity (Wildman–Crippen MR) is 75.2 cm³/mol. The smallest absolute Gasteiger partial charge is 0.242 e. The first-order valence-electron chi connectivity index (χ1n) is 6.26. The van der Waals surface area contributed by atoms with Gasteiger partial charge in [-0.3, -0.25) is 10.6 Å². The SMILES string of the molecule is CN1CC(NS(=O)(=O)c2ccccc2NN)CCC1=O. The Kier molecular flexibility index (Phi) is 4.26. The number of carbonyl (C=O) groups is 1. The molecule has 1 heterocycles. The van der Waals surface area contributed by atoms with E-state index in [0.717, 1.165) is 0 Å². The van der Waals surface area contributed by atoms with E-state index in [-0.39, 0.29) is 16.8 Å². The number of rotatable bonds is 4. The molecule has 0 aromatic heterocycles. The maximum Gasteiger partial charge on any atom is 0.242 e. The minimum absolute atomic E-state index is 0.0319. The molecular formula is C12H18N4O3S. The van der Waals surface area contributed by atoms with Crippen molar-refractivity contribution in [1.82, 2.24) is 9.62 Å². The number of hydrazine groups is 1. The van der Waals surface area contributed by atoms with Crippen LogP contribution in [0.25, 0.3) is 0 Å². The number of benzene rings is 1. The van der Waals surface area contributed by atoms with Crippen molar-refractivity contribution in [1.29, 1.82) is 0 Å². The van der Waals surface area contributed by atoms with Crippen LogP contribution >= 0.6 is 0 Å². The van der Waals surface area contributed by atoms with E-state index in [9.17, 15) is 13.2 Å². The number of hydrogen-bond acceptors (Lipinski definition) is 5. The number of likely N-dealkylation sites (tertiary alicyclic amines) is 1. The number of nitrogens with zero attached hydrogens (tertiary/aromatic N) is 1. The normalized spacial score (nSPS) is 20.0. The molecule has 7 nitrogen and oxygen atoms in total. The highest BCUT2D eigenvalue weighted by Crippen LogP contribution is 2.21. The second-order valence-corrected chi connectivity index (χ2v) is 6.45. The molecule has 8 heteroatoms. The number of likely N-dealkylation sites (N-methyl/N-ethyl adjacent to an activating group) is 1. The van der Waals surface area contributed by atoms with Crippen LogP contribution in [0.2, 0.25) is 0 Å². The van der Waals surface area contributed by atoms with Crippen LogP contribution in [0.4, 0.5) is 5.69 Å². The summed E-state index contributed by atoms with van der Waals surface area (Å²) in [5.41, 5.74) is 2.70. The number of carbonyl (C=O) groups excluding carboxylic acids is 1. The van der Waals surface area contributed by atoms with E-state index in [1.54, 1.807) is 25.2 Å². The van der Waals surface area contributed by atoms with Crippen molar-refractivity contribution in [3.8, 4) is 0 Å². The first kappa shape index (κ1) is 14.8. The molecule has 20 heavy (non-hydrogen) atoms. The number of anilines is 1. The number of sulfonamides is 1. The van der Waals surface area contributed by atoms with Gasteiger partial charge in [-0.25, -0.2) is 13.1 Å². The number of piperidine rings is 1. The number of para-hydroxylation sites is 1. The van der Waals surface area contributed by atoms with E-state index in [4.69, 9.17) is 5.84 Å². The molecule has 1 saturated heterocycles. The van der Waals surface area contributed by atoms with Gasteiger partial charge in [0.1, 0.15) is 4.90 Å². The zero-order valence-electron chi connectivity index (χ0n) is 11.2. The molecule has 1 fully saturated rings. The van der Waals surface area contributed by atoms with E-state index in [0.29, 0.717) is 25.1 Å². The van der Waals surface area contributed by atoms with Crippen molar-refractivity contribution in [2.75, 3.05) is 19.0 Å². The summed E-state index contributed by atoms with van der Waals surface area (Å²) < 4.78 is 27.3.